The van der Waals surface area contributed by atoms with Gasteiger partial charge in [-0.05, 0) is 57.3 Å². The molecule has 3 heterocycles. The molecule has 6 nitrogen and oxygen atoms in total. The molecule has 53 heavy (non-hydrogen) atoms. The Kier molecular flexibility index (Phi) is 10.1. The fourth-order valence-electron chi connectivity index (χ4n) is 6.73. The number of hydrogen-bond acceptors (Lipinski definition) is 5. The summed E-state index contributed by atoms with van der Waals surface area (Å²) in [5.74, 6) is 0. The summed E-state index contributed by atoms with van der Waals surface area (Å²) in [5, 5.41) is 0. The van der Waals surface area contributed by atoms with E-state index < -0.39 is 11.3 Å². The molecule has 6 aromatic carbocycles. The van der Waals surface area contributed by atoms with E-state index in [0.717, 1.165) is 63.4 Å². The topological polar surface area (TPSA) is 78.1 Å². The third-order valence-corrected chi connectivity index (χ3v) is 11.0. The van der Waals surface area contributed by atoms with Gasteiger partial charge in [-0.3, -0.25) is 0 Å². The van der Waals surface area contributed by atoms with Crippen molar-refractivity contribution in [2.24, 2.45) is 20.0 Å². The van der Waals surface area contributed by atoms with Crippen LogP contribution in [0.3, 0.4) is 0 Å². The van der Waals surface area contributed by atoms with Crippen molar-refractivity contribution in [3.05, 3.63) is 229 Å². The van der Waals surface area contributed by atoms with Crippen LogP contribution < -0.4 is 0 Å². The van der Waals surface area contributed by atoms with Crippen molar-refractivity contribution in [3.63, 3.8) is 0 Å². The van der Waals surface area contributed by atoms with Crippen LogP contribution in [0.25, 0.3) is 0 Å². The van der Waals surface area contributed by atoms with E-state index >= 15 is 0 Å². The summed E-state index contributed by atoms with van der Waals surface area (Å²) in [5.41, 5.74) is 6.50. The molecular formula is C45H32I2N6. The maximum Gasteiger partial charge on any atom is 0.227 e. The molecule has 256 valence electrons. The Labute approximate surface area is 335 Å². The van der Waals surface area contributed by atoms with E-state index in [1.54, 1.807) is 18.7 Å². The zero-order valence-electron chi connectivity index (χ0n) is 28.4. The van der Waals surface area contributed by atoms with E-state index in [9.17, 15) is 0 Å². The third kappa shape index (κ3) is 6.61. The molecule has 1 N–H and O–H groups in total. The molecule has 0 atom stereocenters. The van der Waals surface area contributed by atoms with Crippen LogP contribution in [-0.4, -0.2) is 32.8 Å². The second-order valence-electron chi connectivity index (χ2n) is 12.4. The van der Waals surface area contributed by atoms with Gasteiger partial charge in [0.1, 0.15) is 0 Å². The lowest BCUT2D eigenvalue weighted by Crippen LogP contribution is -2.44. The predicted molar refractivity (Wildman–Crippen MR) is 232 cm³/mol. The quantitative estimate of drug-likeness (QED) is 0.159. The van der Waals surface area contributed by atoms with Gasteiger partial charge >= 0.3 is 0 Å². The maximum atomic E-state index is 5.80. The molecule has 9 rings (SSSR count). The van der Waals surface area contributed by atoms with Gasteiger partial charge in [-0.25, -0.2) is 25.0 Å². The van der Waals surface area contributed by atoms with Crippen molar-refractivity contribution in [2.75, 3.05) is 0 Å². The molecule has 0 amide bonds. The Morgan fingerprint density at radius 2 is 0.679 bits per heavy atom. The van der Waals surface area contributed by atoms with Crippen molar-refractivity contribution in [1.29, 1.82) is 0 Å². The first-order valence-corrected chi connectivity index (χ1v) is 19.3. The monoisotopic (exact) mass is 910 g/mol. The van der Waals surface area contributed by atoms with Crippen LogP contribution in [0.15, 0.2) is 209 Å². The first-order chi connectivity index (χ1) is 26.1. The Balaban J connectivity index is 0.000000740. The molecule has 0 unspecified atom stereocenters. The van der Waals surface area contributed by atoms with Crippen LogP contribution in [-0.2, 0) is 11.3 Å². The number of nitrogens with one attached hydrogen (secondary N) is 1. The highest BCUT2D eigenvalue weighted by atomic mass is 127. The summed E-state index contributed by atoms with van der Waals surface area (Å²) >= 11 is 4.84. The summed E-state index contributed by atoms with van der Waals surface area (Å²) in [6.07, 6.45) is 5.08. The molecule has 2 aliphatic rings. The molecule has 0 radical (unpaired) electrons. The minimum atomic E-state index is -1.29. The van der Waals surface area contributed by atoms with Gasteiger partial charge in [0.2, 0.25) is 11.3 Å². The fourth-order valence-corrected chi connectivity index (χ4v) is 8.26. The average molecular weight is 911 g/mol. The number of imidazole rings is 1. The second kappa shape index (κ2) is 15.3. The van der Waals surface area contributed by atoms with Gasteiger partial charge < -0.3 is 4.98 Å². The van der Waals surface area contributed by atoms with Crippen molar-refractivity contribution in [1.82, 2.24) is 9.97 Å². The molecule has 2 aliphatic heterocycles. The van der Waals surface area contributed by atoms with Crippen molar-refractivity contribution >= 4 is 68.0 Å². The molecule has 0 bridgehead atoms. The number of aromatic nitrogens is 2. The second-order valence-corrected chi connectivity index (χ2v) is 14.7. The van der Waals surface area contributed by atoms with Gasteiger partial charge in [-0.1, -0.05) is 158 Å². The third-order valence-electron chi connectivity index (χ3n) is 9.12. The maximum absolute atomic E-state index is 5.80. The standard InChI is InChI=1S/C42H28I2N4.C3H4N2/c43-35-27-15-13-25-33(35)41(45-37(29-17-5-1-6-18-29)38(46-41)30-19-7-2-8-20-30)42(34-26-14-16-28-36(34)44)47-39(31-21-9-3-10-22-31)40(48-42)32-23-11-4-12-24-32;1-2-5-3-4-1/h1-28H;1-3H,(H,4,5). The fraction of sp³-hybridized carbons (Fsp3) is 0.0444. The minimum Gasteiger partial charge on any atom is -0.351 e. The van der Waals surface area contributed by atoms with E-state index in [0.29, 0.717) is 0 Å². The molecule has 1 aromatic heterocycles. The number of aliphatic imine (C=N–C) groups is 4. The van der Waals surface area contributed by atoms with Gasteiger partial charge in [0, 0.05) is 52.9 Å². The Bertz CT molecular complexity index is 2170. The number of hydrogen-bond donors (Lipinski definition) is 1. The molecule has 0 fully saturated rings. The largest absolute Gasteiger partial charge is 0.351 e. The predicted octanol–water partition coefficient (Wildman–Crippen LogP) is 10.3. The van der Waals surface area contributed by atoms with E-state index in [1.165, 1.54) is 0 Å². The van der Waals surface area contributed by atoms with Gasteiger partial charge in [-0.15, -0.1) is 0 Å². The normalized spacial score (nSPS) is 15.4. The van der Waals surface area contributed by atoms with Crippen LogP contribution in [0.5, 0.6) is 0 Å². The number of H-pyrrole nitrogens is 1. The van der Waals surface area contributed by atoms with Crippen molar-refractivity contribution in [3.8, 4) is 0 Å². The summed E-state index contributed by atoms with van der Waals surface area (Å²) in [4.78, 5) is 29.6. The van der Waals surface area contributed by atoms with Gasteiger partial charge in [0.15, 0.2) is 0 Å². The Morgan fingerprint density at radius 1 is 0.377 bits per heavy atom. The summed E-state index contributed by atoms with van der Waals surface area (Å²) < 4.78 is 2.07. The zero-order valence-corrected chi connectivity index (χ0v) is 32.7. The van der Waals surface area contributed by atoms with Crippen LogP contribution in [0, 0.1) is 7.14 Å². The minimum absolute atomic E-state index is 0.812. The van der Waals surface area contributed by atoms with E-state index in [-0.39, 0.29) is 0 Å². The van der Waals surface area contributed by atoms with Gasteiger partial charge in [0.05, 0.1) is 29.2 Å². The molecule has 8 heteroatoms. The highest BCUT2D eigenvalue weighted by Crippen LogP contribution is 2.56. The Morgan fingerprint density at radius 3 is 0.925 bits per heavy atom. The highest BCUT2D eigenvalue weighted by Gasteiger charge is 2.61. The SMILES string of the molecule is Ic1ccccc1C1(C2(c3ccccc3I)N=C(c3ccccc3)C(c3ccccc3)=N2)N=C(c2ccccc2)C(c2ccccc2)=N1.c1c[nH]cn1. The first-order valence-electron chi connectivity index (χ1n) is 17.1. The molecule has 0 saturated heterocycles. The number of aromatic amines is 1. The summed E-state index contributed by atoms with van der Waals surface area (Å²) in [6.45, 7) is 0. The van der Waals surface area contributed by atoms with Crippen LogP contribution in [0.1, 0.15) is 33.4 Å². The van der Waals surface area contributed by atoms with Crippen LogP contribution in [0.4, 0.5) is 0 Å². The number of nitrogens with zero attached hydrogens (tertiary/aromatic N) is 5. The molecular weight excluding hydrogens is 878 g/mol. The number of benzene rings is 6. The summed E-state index contributed by atoms with van der Waals surface area (Å²) in [6, 6.07) is 58.1. The van der Waals surface area contributed by atoms with E-state index in [2.05, 4.69) is 201 Å². The highest BCUT2D eigenvalue weighted by molar-refractivity contribution is 14.1. The average Bonchev–Trinajstić information content (AvgIpc) is 4.02. The number of rotatable bonds is 7. The smallest absolute Gasteiger partial charge is 0.227 e. The lowest BCUT2D eigenvalue weighted by atomic mass is 9.82. The Hall–Kier alpha value is -5.33. The lowest BCUT2D eigenvalue weighted by molar-refractivity contribution is 0.254. The first kappa shape index (κ1) is 34.7. The van der Waals surface area contributed by atoms with Crippen LogP contribution >= 0.6 is 45.2 Å². The molecule has 0 saturated carbocycles. The molecule has 0 spiro atoms. The van der Waals surface area contributed by atoms with Gasteiger partial charge in [0.25, 0.3) is 0 Å². The van der Waals surface area contributed by atoms with Crippen molar-refractivity contribution in [2.45, 2.75) is 11.3 Å². The molecule has 0 aliphatic carbocycles. The van der Waals surface area contributed by atoms with Crippen LogP contribution in [0.2, 0.25) is 0 Å². The van der Waals surface area contributed by atoms with Crippen molar-refractivity contribution < 1.29 is 0 Å². The van der Waals surface area contributed by atoms with E-state index in [1.807, 2.05) is 24.3 Å². The summed E-state index contributed by atoms with van der Waals surface area (Å²) in [7, 11) is 0. The van der Waals surface area contributed by atoms with E-state index in [4.69, 9.17) is 20.0 Å². The molecule has 7 aromatic rings. The van der Waals surface area contributed by atoms with Gasteiger partial charge in [-0.2, -0.15) is 0 Å². The lowest BCUT2D eigenvalue weighted by Gasteiger charge is -2.39. The number of halogens is 2. The zero-order chi connectivity index (χ0) is 36.1.